The zero-order valence-corrected chi connectivity index (χ0v) is 16.3. The third-order valence-corrected chi connectivity index (χ3v) is 3.67. The van der Waals surface area contributed by atoms with Crippen molar-refractivity contribution in [3.8, 4) is 0 Å². The third kappa shape index (κ3) is 5.87. The van der Waals surface area contributed by atoms with Crippen molar-refractivity contribution in [1.82, 2.24) is 4.90 Å². The van der Waals surface area contributed by atoms with Gasteiger partial charge < -0.3 is 4.74 Å². The Morgan fingerprint density at radius 3 is 2.35 bits per heavy atom. The molecule has 1 rings (SSSR count). The number of methoxy groups -OCH3 is 1. The van der Waals surface area contributed by atoms with Crippen LogP contribution in [0.2, 0.25) is 5.02 Å². The molecule has 0 aliphatic carbocycles. The van der Waals surface area contributed by atoms with Crippen LogP contribution in [0.5, 0.6) is 0 Å². The molecule has 0 saturated carbocycles. The molecule has 0 unspecified atom stereocenters. The number of aryl methyl sites for hydroxylation is 1. The first-order chi connectivity index (χ1) is 10.5. The number of hydrogen-bond acceptors (Lipinski definition) is 2. The van der Waals surface area contributed by atoms with Crippen molar-refractivity contribution in [2.24, 2.45) is 10.4 Å². The molecule has 0 aromatic heterocycles. The van der Waals surface area contributed by atoms with E-state index < -0.39 is 0 Å². The van der Waals surface area contributed by atoms with Gasteiger partial charge in [0, 0.05) is 5.02 Å². The van der Waals surface area contributed by atoms with E-state index >= 15 is 0 Å². The van der Waals surface area contributed by atoms with Crippen LogP contribution in [0.4, 0.5) is 5.69 Å². The molecule has 5 heteroatoms. The molecule has 1 aromatic rings. The molecule has 0 atom stereocenters. The lowest BCUT2D eigenvalue weighted by atomic mass is 9.96. The van der Waals surface area contributed by atoms with Crippen LogP contribution in [-0.4, -0.2) is 56.0 Å². The van der Waals surface area contributed by atoms with Crippen molar-refractivity contribution < 1.29 is 9.31 Å². The summed E-state index contributed by atoms with van der Waals surface area (Å²) in [7, 11) is 7.68. The minimum atomic E-state index is 0.169. The van der Waals surface area contributed by atoms with E-state index in [1.165, 1.54) is 0 Å². The summed E-state index contributed by atoms with van der Waals surface area (Å²) in [6.45, 7) is 9.49. The lowest BCUT2D eigenvalue weighted by molar-refractivity contribution is -0.468. The Hall–Kier alpha value is -1.55. The molecular weight excluding hydrogens is 310 g/mol. The first kappa shape index (κ1) is 19.5. The Kier molecular flexibility index (Phi) is 6.63. The maximum absolute atomic E-state index is 6.19. The summed E-state index contributed by atoms with van der Waals surface area (Å²) in [6, 6.07) is 5.76. The third-order valence-electron chi connectivity index (χ3n) is 3.27. The maximum atomic E-state index is 6.19. The first-order valence-electron chi connectivity index (χ1n) is 7.70. The summed E-state index contributed by atoms with van der Waals surface area (Å²) in [5.74, 6) is 1.50. The molecule has 4 nitrogen and oxygen atoms in total. The molecule has 0 heterocycles. The van der Waals surface area contributed by atoms with Gasteiger partial charge in [0.25, 0.3) is 0 Å². The van der Waals surface area contributed by atoms with E-state index in [9.17, 15) is 0 Å². The molecule has 0 amide bonds. The van der Waals surface area contributed by atoms with Crippen molar-refractivity contribution in [3.63, 3.8) is 0 Å². The van der Waals surface area contributed by atoms with Gasteiger partial charge in [0.2, 0.25) is 0 Å². The second-order valence-corrected chi connectivity index (χ2v) is 7.60. The second kappa shape index (κ2) is 7.82. The van der Waals surface area contributed by atoms with E-state index in [2.05, 4.69) is 37.7 Å². The van der Waals surface area contributed by atoms with Crippen molar-refractivity contribution in [1.29, 1.82) is 0 Å². The number of halogens is 1. The van der Waals surface area contributed by atoms with E-state index in [0.29, 0.717) is 10.9 Å². The number of nitrogens with zero attached hydrogens (tertiary/aromatic N) is 3. The summed E-state index contributed by atoms with van der Waals surface area (Å²) >= 11 is 6.19. The van der Waals surface area contributed by atoms with Gasteiger partial charge >= 0.3 is 11.7 Å². The van der Waals surface area contributed by atoms with Gasteiger partial charge in [-0.25, -0.2) is 4.99 Å². The number of ether oxygens (including phenoxy) is 1. The van der Waals surface area contributed by atoms with E-state index in [-0.39, 0.29) is 5.41 Å². The molecule has 0 saturated heterocycles. The number of aliphatic imine (C=N–C) groups is 1. The van der Waals surface area contributed by atoms with Crippen LogP contribution in [0.1, 0.15) is 26.3 Å². The molecule has 0 N–H and O–H groups in total. The largest absolute Gasteiger partial charge is 0.475 e. The van der Waals surface area contributed by atoms with Crippen LogP contribution in [0.3, 0.4) is 0 Å². The van der Waals surface area contributed by atoms with Gasteiger partial charge in [0.05, 0.1) is 40.5 Å². The van der Waals surface area contributed by atoms with Crippen molar-refractivity contribution >= 4 is 29.0 Å². The van der Waals surface area contributed by atoms with Gasteiger partial charge in [0.15, 0.2) is 0 Å². The Morgan fingerprint density at radius 2 is 1.91 bits per heavy atom. The summed E-state index contributed by atoms with van der Waals surface area (Å²) in [4.78, 5) is 6.81. The zero-order valence-electron chi connectivity index (χ0n) is 15.6. The minimum Gasteiger partial charge on any atom is -0.475 e. The average Bonchev–Trinajstić information content (AvgIpc) is 2.39. The van der Waals surface area contributed by atoms with Crippen LogP contribution in [0, 0.1) is 12.3 Å². The Bertz CT molecular complexity index is 611. The summed E-state index contributed by atoms with van der Waals surface area (Å²) in [6.07, 6.45) is 0. The smallest absolute Gasteiger partial charge is 0.335 e. The van der Waals surface area contributed by atoms with Gasteiger partial charge in [-0.2, -0.15) is 0 Å². The molecule has 0 spiro atoms. The van der Waals surface area contributed by atoms with Gasteiger partial charge in [-0.15, -0.1) is 0 Å². The highest BCUT2D eigenvalue weighted by Crippen LogP contribution is 2.23. The highest BCUT2D eigenvalue weighted by Gasteiger charge is 2.28. The van der Waals surface area contributed by atoms with Crippen LogP contribution in [0.25, 0.3) is 0 Å². The summed E-state index contributed by atoms with van der Waals surface area (Å²) in [5, 5.41) is 0.705. The first-order valence-corrected chi connectivity index (χ1v) is 8.07. The normalized spacial score (nSPS) is 12.1. The summed E-state index contributed by atoms with van der Waals surface area (Å²) in [5.41, 5.74) is 1.98. The topological polar surface area (TPSA) is 27.8 Å². The van der Waals surface area contributed by atoms with Crippen molar-refractivity contribution in [2.75, 3.05) is 34.8 Å². The molecule has 1 aromatic carbocycles. The van der Waals surface area contributed by atoms with Crippen molar-refractivity contribution in [3.05, 3.63) is 28.8 Å². The average molecular weight is 339 g/mol. The fraction of sp³-hybridized carbons (Fsp3) is 0.556. The number of benzene rings is 1. The Balaban J connectivity index is 3.24. The second-order valence-electron chi connectivity index (χ2n) is 7.19. The highest BCUT2D eigenvalue weighted by molar-refractivity contribution is 6.36. The highest BCUT2D eigenvalue weighted by atomic mass is 35.5. The number of hydrogen-bond donors (Lipinski definition) is 0. The fourth-order valence-corrected chi connectivity index (χ4v) is 2.61. The monoisotopic (exact) mass is 338 g/mol. The van der Waals surface area contributed by atoms with Crippen LogP contribution >= 0.6 is 11.6 Å². The lowest BCUT2D eigenvalue weighted by Gasteiger charge is -2.24. The van der Waals surface area contributed by atoms with Crippen LogP contribution in [0.15, 0.2) is 23.2 Å². The van der Waals surface area contributed by atoms with Gasteiger partial charge in [-0.05, 0) is 30.0 Å². The fourth-order valence-electron chi connectivity index (χ4n) is 2.44. The molecule has 23 heavy (non-hydrogen) atoms. The summed E-state index contributed by atoms with van der Waals surface area (Å²) < 4.78 is 7.59. The standard InChI is InChI=1S/C18H29ClN3O/c1-13-9-10-14(11-15(13)19)20-16(23-8)17(21(5)6)22(7)12-18(2,3)4/h9-11H,12H2,1-8H3/q+1. The minimum absolute atomic E-state index is 0.169. The van der Waals surface area contributed by atoms with E-state index in [4.69, 9.17) is 16.3 Å². The van der Waals surface area contributed by atoms with E-state index in [0.717, 1.165) is 23.6 Å². The predicted octanol–water partition coefficient (Wildman–Crippen LogP) is 3.97. The SMILES string of the molecule is COC(=Nc1ccc(C)c(Cl)c1)C(N(C)CC(C)(C)C)=[N+](C)C. The van der Waals surface area contributed by atoms with Gasteiger partial charge in [0.1, 0.15) is 0 Å². The lowest BCUT2D eigenvalue weighted by Crippen LogP contribution is -2.43. The molecular formula is C18H29ClN3O+. The van der Waals surface area contributed by atoms with E-state index in [1.54, 1.807) is 7.11 Å². The molecule has 0 radical (unpaired) electrons. The van der Waals surface area contributed by atoms with Gasteiger partial charge in [-0.3, -0.25) is 9.48 Å². The van der Waals surface area contributed by atoms with Crippen LogP contribution in [-0.2, 0) is 4.74 Å². The number of likely N-dealkylation sites (N-methyl/N-ethyl adjacent to an activating group) is 1. The quantitative estimate of drug-likeness (QED) is 0.463. The number of amidine groups is 1. The van der Waals surface area contributed by atoms with Gasteiger partial charge in [-0.1, -0.05) is 38.4 Å². The molecule has 0 fully saturated rings. The molecule has 128 valence electrons. The Labute approximate surface area is 145 Å². The molecule has 0 aliphatic heterocycles. The zero-order chi connectivity index (χ0) is 17.8. The Morgan fingerprint density at radius 1 is 1.30 bits per heavy atom. The molecule has 0 aliphatic rings. The van der Waals surface area contributed by atoms with Crippen molar-refractivity contribution in [2.45, 2.75) is 27.7 Å². The molecule has 0 bridgehead atoms. The number of rotatable bonds is 2. The van der Waals surface area contributed by atoms with Crippen LogP contribution < -0.4 is 0 Å². The van der Waals surface area contributed by atoms with E-state index in [1.807, 2.05) is 43.8 Å². The predicted molar refractivity (Wildman–Crippen MR) is 99.5 cm³/mol. The maximum Gasteiger partial charge on any atom is 0.335 e.